The zero-order valence-corrected chi connectivity index (χ0v) is 11.6. The van der Waals surface area contributed by atoms with Crippen molar-refractivity contribution in [1.82, 2.24) is 0 Å². The van der Waals surface area contributed by atoms with E-state index in [0.717, 1.165) is 15.9 Å². The molecule has 0 atom stereocenters. The first-order valence-corrected chi connectivity index (χ1v) is 6.64. The molecule has 0 aliphatic heterocycles. The van der Waals surface area contributed by atoms with Crippen molar-refractivity contribution in [3.05, 3.63) is 28.7 Å². The van der Waals surface area contributed by atoms with Gasteiger partial charge in [0.25, 0.3) is 0 Å². The number of carbonyl (C=O) groups is 1. The number of Topliss-reactive ketones (excluding diaryl/α,β-unsaturated/α-hetero) is 1. The van der Waals surface area contributed by atoms with Crippen molar-refractivity contribution in [1.29, 1.82) is 0 Å². The number of thioether (sulfide) groups is 1. The van der Waals surface area contributed by atoms with Crippen LogP contribution in [0, 0.1) is 0 Å². The molecule has 0 aliphatic rings. The van der Waals surface area contributed by atoms with E-state index in [1.807, 2.05) is 31.2 Å². The van der Waals surface area contributed by atoms with Gasteiger partial charge in [0.15, 0.2) is 10.8 Å². The average Bonchev–Trinajstić information content (AvgIpc) is 2.26. The third kappa shape index (κ3) is 4.37. The Labute approximate surface area is 108 Å². The average molecular weight is 301 g/mol. The second-order valence-corrected chi connectivity index (χ2v) is 5.19. The Hall–Kier alpha value is -0.810. The summed E-state index contributed by atoms with van der Waals surface area (Å²) in [5, 5.41) is 4.58. The Morgan fingerprint density at radius 3 is 2.56 bits per heavy atom. The van der Waals surface area contributed by atoms with Crippen LogP contribution in [0.15, 0.2) is 33.8 Å². The van der Waals surface area contributed by atoms with Gasteiger partial charge in [0.05, 0.1) is 5.69 Å². The molecule has 3 nitrogen and oxygen atoms in total. The zero-order valence-electron chi connectivity index (χ0n) is 9.16. The van der Waals surface area contributed by atoms with Crippen LogP contribution in [0.1, 0.15) is 13.8 Å². The van der Waals surface area contributed by atoms with Gasteiger partial charge in [-0.3, -0.25) is 10.2 Å². The summed E-state index contributed by atoms with van der Waals surface area (Å²) in [7, 11) is 0. The third-order valence-corrected chi connectivity index (χ3v) is 3.18. The molecule has 0 amide bonds. The highest BCUT2D eigenvalue weighted by Crippen LogP contribution is 2.14. The van der Waals surface area contributed by atoms with E-state index in [1.165, 1.54) is 18.7 Å². The van der Waals surface area contributed by atoms with Crippen molar-refractivity contribution in [2.45, 2.75) is 13.8 Å². The lowest BCUT2D eigenvalue weighted by Gasteiger charge is -2.03. The minimum atomic E-state index is -0.0172. The number of ketones is 1. The highest BCUT2D eigenvalue weighted by Gasteiger charge is 2.04. The summed E-state index contributed by atoms with van der Waals surface area (Å²) in [5.74, 6) is 0.817. The van der Waals surface area contributed by atoms with E-state index in [-0.39, 0.29) is 5.78 Å². The molecule has 1 rings (SSSR count). The van der Waals surface area contributed by atoms with E-state index in [2.05, 4.69) is 26.5 Å². The maximum atomic E-state index is 11.2. The zero-order chi connectivity index (χ0) is 12.0. The highest BCUT2D eigenvalue weighted by atomic mass is 79.9. The number of carbonyl (C=O) groups excluding carboxylic acids is 1. The summed E-state index contributed by atoms with van der Waals surface area (Å²) in [5.41, 5.74) is 3.72. The molecule has 5 heteroatoms. The quantitative estimate of drug-likeness (QED) is 0.525. The van der Waals surface area contributed by atoms with Crippen LogP contribution in [-0.4, -0.2) is 16.6 Å². The number of halogens is 1. The number of rotatable bonds is 4. The summed E-state index contributed by atoms with van der Waals surface area (Å²) in [6, 6.07) is 7.61. The van der Waals surface area contributed by atoms with E-state index < -0.39 is 0 Å². The monoisotopic (exact) mass is 300 g/mol. The predicted octanol–water partition coefficient (Wildman–Crippen LogP) is 3.52. The molecule has 0 bridgehead atoms. The fourth-order valence-corrected chi connectivity index (χ4v) is 1.84. The van der Waals surface area contributed by atoms with Gasteiger partial charge < -0.3 is 0 Å². The van der Waals surface area contributed by atoms with Crippen LogP contribution >= 0.6 is 27.7 Å². The smallest absolute Gasteiger partial charge is 0.186 e. The summed E-state index contributed by atoms with van der Waals surface area (Å²) < 4.78 is 1.01. The van der Waals surface area contributed by atoms with E-state index in [4.69, 9.17) is 0 Å². The number of hydrogen-bond acceptors (Lipinski definition) is 4. The molecule has 1 N–H and O–H groups in total. The van der Waals surface area contributed by atoms with Gasteiger partial charge in [0.2, 0.25) is 0 Å². The van der Waals surface area contributed by atoms with Crippen LogP contribution in [0.4, 0.5) is 5.69 Å². The van der Waals surface area contributed by atoms with Crippen molar-refractivity contribution in [3.63, 3.8) is 0 Å². The summed E-state index contributed by atoms with van der Waals surface area (Å²) in [6.07, 6.45) is 0. The Balaban J connectivity index is 2.69. The van der Waals surface area contributed by atoms with Crippen LogP contribution in [-0.2, 0) is 4.79 Å². The van der Waals surface area contributed by atoms with Crippen molar-refractivity contribution >= 4 is 44.2 Å². The molecule has 16 heavy (non-hydrogen) atoms. The van der Waals surface area contributed by atoms with E-state index >= 15 is 0 Å². The SMILES string of the molecule is CCSC(=NNc1ccc(Br)cc1)C(C)=O. The van der Waals surface area contributed by atoms with Gasteiger partial charge in [-0.05, 0) is 30.0 Å². The van der Waals surface area contributed by atoms with Crippen LogP contribution in [0.2, 0.25) is 0 Å². The lowest BCUT2D eigenvalue weighted by Crippen LogP contribution is -2.08. The maximum Gasteiger partial charge on any atom is 0.186 e. The number of anilines is 1. The molecular formula is C11H13BrN2OS. The number of benzene rings is 1. The van der Waals surface area contributed by atoms with Crippen LogP contribution < -0.4 is 5.43 Å². The maximum absolute atomic E-state index is 11.2. The molecule has 0 spiro atoms. The molecule has 1 aromatic rings. The molecule has 0 saturated carbocycles. The standard InChI is InChI=1S/C11H13BrN2OS/c1-3-16-11(8(2)15)14-13-10-6-4-9(12)5-7-10/h4-7,13H,3H2,1-2H3. The highest BCUT2D eigenvalue weighted by molar-refractivity contribution is 9.10. The first-order chi connectivity index (χ1) is 7.63. The van der Waals surface area contributed by atoms with Crippen LogP contribution in [0.25, 0.3) is 0 Å². The normalized spacial score (nSPS) is 11.3. The minimum absolute atomic E-state index is 0.0172. The second-order valence-electron chi connectivity index (χ2n) is 3.02. The van der Waals surface area contributed by atoms with E-state index in [9.17, 15) is 4.79 Å². The van der Waals surface area contributed by atoms with Gasteiger partial charge in [-0.25, -0.2) is 0 Å². The summed E-state index contributed by atoms with van der Waals surface area (Å²) >= 11 is 4.79. The fraction of sp³-hybridized carbons (Fsp3) is 0.273. The van der Waals surface area contributed by atoms with E-state index in [0.29, 0.717) is 5.04 Å². The number of hydrazone groups is 1. The summed E-state index contributed by atoms with van der Waals surface area (Å²) in [4.78, 5) is 11.2. The Bertz CT molecular complexity index is 389. The second kappa shape index (κ2) is 6.70. The lowest BCUT2D eigenvalue weighted by molar-refractivity contribution is -0.110. The fourth-order valence-electron chi connectivity index (χ4n) is 0.989. The van der Waals surface area contributed by atoms with Gasteiger partial charge in [0.1, 0.15) is 0 Å². The van der Waals surface area contributed by atoms with Crippen LogP contribution in [0.5, 0.6) is 0 Å². The van der Waals surface area contributed by atoms with Crippen molar-refractivity contribution in [2.24, 2.45) is 5.10 Å². The minimum Gasteiger partial charge on any atom is -0.292 e. The molecule has 0 radical (unpaired) electrons. The predicted molar refractivity (Wildman–Crippen MR) is 74.0 cm³/mol. The molecule has 0 saturated heterocycles. The molecular weight excluding hydrogens is 288 g/mol. The largest absolute Gasteiger partial charge is 0.292 e. The number of nitrogens with one attached hydrogen (secondary N) is 1. The molecule has 0 aliphatic carbocycles. The topological polar surface area (TPSA) is 41.5 Å². The molecule has 0 fully saturated rings. The molecule has 86 valence electrons. The molecule has 0 heterocycles. The van der Waals surface area contributed by atoms with Gasteiger partial charge in [-0.15, -0.1) is 11.8 Å². The van der Waals surface area contributed by atoms with E-state index in [1.54, 1.807) is 0 Å². The lowest BCUT2D eigenvalue weighted by atomic mass is 10.3. The Morgan fingerprint density at radius 1 is 1.44 bits per heavy atom. The first-order valence-electron chi connectivity index (χ1n) is 4.86. The molecule has 1 aromatic carbocycles. The van der Waals surface area contributed by atoms with Crippen LogP contribution in [0.3, 0.4) is 0 Å². The van der Waals surface area contributed by atoms with Gasteiger partial charge in [-0.1, -0.05) is 22.9 Å². The number of hydrogen-bond donors (Lipinski definition) is 1. The van der Waals surface area contributed by atoms with Crippen molar-refractivity contribution in [3.8, 4) is 0 Å². The Morgan fingerprint density at radius 2 is 2.06 bits per heavy atom. The van der Waals surface area contributed by atoms with Crippen molar-refractivity contribution in [2.75, 3.05) is 11.2 Å². The number of nitrogens with zero attached hydrogens (tertiary/aromatic N) is 1. The molecule has 0 aromatic heterocycles. The summed E-state index contributed by atoms with van der Waals surface area (Å²) in [6.45, 7) is 3.51. The van der Waals surface area contributed by atoms with Gasteiger partial charge >= 0.3 is 0 Å². The third-order valence-electron chi connectivity index (χ3n) is 1.71. The van der Waals surface area contributed by atoms with Gasteiger partial charge in [-0.2, -0.15) is 5.10 Å². The first kappa shape index (κ1) is 13.3. The van der Waals surface area contributed by atoms with Gasteiger partial charge in [0, 0.05) is 11.4 Å². The molecule has 0 unspecified atom stereocenters. The van der Waals surface area contributed by atoms with Crippen molar-refractivity contribution < 1.29 is 4.79 Å². The Kier molecular flexibility index (Phi) is 5.55.